The topological polar surface area (TPSA) is 26.7 Å². The molecule has 0 aliphatic carbocycles. The van der Waals surface area contributed by atoms with Gasteiger partial charge in [-0.05, 0) is 45.7 Å². The molecule has 0 radical (unpaired) electrons. The number of nitrogens with zero attached hydrogens (tertiary/aromatic N) is 2. The number of piperazine rings is 1. The Bertz CT molecular complexity index is 210. The predicted molar refractivity (Wildman–Crippen MR) is 66.6 cm³/mol. The van der Waals surface area contributed by atoms with Crippen molar-refractivity contribution in [2.24, 2.45) is 0 Å². The van der Waals surface area contributed by atoms with Crippen LogP contribution in [0.4, 0.5) is 0 Å². The number of aliphatic hydroxyl groups is 1. The first-order valence-corrected chi connectivity index (χ1v) is 6.90. The van der Waals surface area contributed by atoms with E-state index in [1.807, 2.05) is 0 Å². The van der Waals surface area contributed by atoms with E-state index in [1.54, 1.807) is 0 Å². The molecule has 0 aromatic rings. The van der Waals surface area contributed by atoms with E-state index >= 15 is 0 Å². The van der Waals surface area contributed by atoms with Crippen LogP contribution in [0.2, 0.25) is 0 Å². The number of rotatable bonds is 4. The third kappa shape index (κ3) is 2.96. The van der Waals surface area contributed by atoms with Crippen LogP contribution in [0, 0.1) is 0 Å². The molecule has 2 atom stereocenters. The average Bonchev–Trinajstić information content (AvgIpc) is 2.30. The van der Waals surface area contributed by atoms with Crippen molar-refractivity contribution in [3.63, 3.8) is 0 Å². The molecule has 16 heavy (non-hydrogen) atoms. The monoisotopic (exact) mass is 226 g/mol. The quantitative estimate of drug-likeness (QED) is 0.732. The molecule has 2 saturated heterocycles. The van der Waals surface area contributed by atoms with Crippen molar-refractivity contribution in [1.82, 2.24) is 9.80 Å². The van der Waals surface area contributed by atoms with Crippen molar-refractivity contribution < 1.29 is 5.11 Å². The predicted octanol–water partition coefficient (Wildman–Crippen LogP) is 1.32. The minimum atomic E-state index is 0.345. The maximum Gasteiger partial charge on any atom is 0.0431 e. The normalized spacial score (nSPS) is 32.6. The molecule has 1 N–H and O–H groups in total. The van der Waals surface area contributed by atoms with Gasteiger partial charge in [0.2, 0.25) is 0 Å². The molecule has 0 aromatic carbocycles. The Balaban J connectivity index is 1.80. The van der Waals surface area contributed by atoms with E-state index in [1.165, 1.54) is 45.4 Å². The molecular weight excluding hydrogens is 200 g/mol. The van der Waals surface area contributed by atoms with Crippen LogP contribution in [-0.2, 0) is 0 Å². The highest BCUT2D eigenvalue weighted by molar-refractivity contribution is 4.88. The minimum Gasteiger partial charge on any atom is -0.396 e. The van der Waals surface area contributed by atoms with Gasteiger partial charge >= 0.3 is 0 Å². The molecule has 3 heteroatoms. The molecule has 0 spiro atoms. The smallest absolute Gasteiger partial charge is 0.0431 e. The van der Waals surface area contributed by atoms with Crippen molar-refractivity contribution in [1.29, 1.82) is 0 Å². The van der Waals surface area contributed by atoms with E-state index in [0.29, 0.717) is 12.6 Å². The lowest BCUT2D eigenvalue weighted by molar-refractivity contribution is 0.0142. The van der Waals surface area contributed by atoms with E-state index in [9.17, 15) is 0 Å². The summed E-state index contributed by atoms with van der Waals surface area (Å²) in [6.07, 6.45) is 6.31. The zero-order valence-corrected chi connectivity index (χ0v) is 10.6. The second-order valence-electron chi connectivity index (χ2n) is 5.42. The summed E-state index contributed by atoms with van der Waals surface area (Å²) in [7, 11) is 0. The Hall–Kier alpha value is -0.120. The van der Waals surface area contributed by atoms with Crippen LogP contribution in [0.25, 0.3) is 0 Å². The van der Waals surface area contributed by atoms with Crippen molar-refractivity contribution in [3.8, 4) is 0 Å². The Morgan fingerprint density at radius 2 is 2.06 bits per heavy atom. The van der Waals surface area contributed by atoms with Gasteiger partial charge in [0.05, 0.1) is 0 Å². The second kappa shape index (κ2) is 5.99. The Morgan fingerprint density at radius 3 is 2.88 bits per heavy atom. The Morgan fingerprint density at radius 1 is 1.19 bits per heavy atom. The maximum absolute atomic E-state index is 8.82. The molecule has 0 aromatic heterocycles. The number of fused-ring (bicyclic) bond motifs is 1. The fraction of sp³-hybridized carbons (Fsp3) is 1.00. The van der Waals surface area contributed by atoms with Gasteiger partial charge in [-0.25, -0.2) is 0 Å². The van der Waals surface area contributed by atoms with E-state index in [-0.39, 0.29) is 0 Å². The van der Waals surface area contributed by atoms with Crippen LogP contribution in [0.1, 0.15) is 39.0 Å². The molecule has 0 bridgehead atoms. The summed E-state index contributed by atoms with van der Waals surface area (Å²) in [5.41, 5.74) is 0. The maximum atomic E-state index is 8.82. The van der Waals surface area contributed by atoms with Crippen LogP contribution in [-0.4, -0.2) is 59.8 Å². The first-order chi connectivity index (χ1) is 7.81. The summed E-state index contributed by atoms with van der Waals surface area (Å²) < 4.78 is 0. The number of hydrogen-bond acceptors (Lipinski definition) is 3. The summed E-state index contributed by atoms with van der Waals surface area (Å²) in [6, 6.07) is 1.52. The summed E-state index contributed by atoms with van der Waals surface area (Å²) in [5, 5.41) is 8.82. The van der Waals surface area contributed by atoms with E-state index in [2.05, 4.69) is 16.7 Å². The number of hydrogen-bond donors (Lipinski definition) is 1. The number of unbranched alkanes of at least 4 members (excludes halogenated alkanes) is 1. The van der Waals surface area contributed by atoms with Crippen LogP contribution in [0.3, 0.4) is 0 Å². The standard InChI is InChI=1S/C13H26N2O/c1-12-10-15-8-3-2-6-13(15)11-14(12)7-4-5-9-16/h12-13,16H,2-11H2,1H3. The van der Waals surface area contributed by atoms with Gasteiger partial charge in [0.1, 0.15) is 0 Å². The Kier molecular flexibility index (Phi) is 4.62. The van der Waals surface area contributed by atoms with E-state index in [4.69, 9.17) is 5.11 Å². The van der Waals surface area contributed by atoms with Gasteiger partial charge in [0.15, 0.2) is 0 Å². The Labute approximate surface area is 99.4 Å². The molecule has 2 fully saturated rings. The minimum absolute atomic E-state index is 0.345. The highest BCUT2D eigenvalue weighted by Gasteiger charge is 2.32. The van der Waals surface area contributed by atoms with Gasteiger partial charge in [-0.3, -0.25) is 9.80 Å². The number of piperidine rings is 1. The van der Waals surface area contributed by atoms with Gasteiger partial charge in [-0.1, -0.05) is 6.42 Å². The van der Waals surface area contributed by atoms with Crippen molar-refractivity contribution >= 4 is 0 Å². The lowest BCUT2D eigenvalue weighted by atomic mass is 9.97. The van der Waals surface area contributed by atoms with Crippen LogP contribution >= 0.6 is 0 Å². The molecule has 2 heterocycles. The van der Waals surface area contributed by atoms with E-state index in [0.717, 1.165) is 18.9 Å². The summed E-state index contributed by atoms with van der Waals surface area (Å²) in [4.78, 5) is 5.32. The third-order valence-electron chi connectivity index (χ3n) is 4.17. The van der Waals surface area contributed by atoms with Gasteiger partial charge in [0, 0.05) is 31.8 Å². The van der Waals surface area contributed by atoms with Crippen molar-refractivity contribution in [3.05, 3.63) is 0 Å². The zero-order chi connectivity index (χ0) is 11.4. The van der Waals surface area contributed by atoms with Gasteiger partial charge < -0.3 is 5.11 Å². The first kappa shape index (κ1) is 12.3. The molecule has 0 amide bonds. The number of aliphatic hydroxyl groups excluding tert-OH is 1. The highest BCUT2D eigenvalue weighted by Crippen LogP contribution is 2.23. The fourth-order valence-corrected chi connectivity index (χ4v) is 3.15. The molecule has 2 rings (SSSR count). The fourth-order valence-electron chi connectivity index (χ4n) is 3.15. The first-order valence-electron chi connectivity index (χ1n) is 6.90. The molecule has 0 saturated carbocycles. The van der Waals surface area contributed by atoms with Crippen molar-refractivity contribution in [2.45, 2.75) is 51.1 Å². The van der Waals surface area contributed by atoms with Crippen LogP contribution in [0.15, 0.2) is 0 Å². The molecule has 2 aliphatic heterocycles. The second-order valence-corrected chi connectivity index (χ2v) is 5.42. The third-order valence-corrected chi connectivity index (χ3v) is 4.17. The molecule has 94 valence electrons. The lowest BCUT2D eigenvalue weighted by Gasteiger charge is -2.47. The van der Waals surface area contributed by atoms with Crippen LogP contribution in [0.5, 0.6) is 0 Å². The summed E-state index contributed by atoms with van der Waals surface area (Å²) >= 11 is 0. The lowest BCUT2D eigenvalue weighted by Crippen LogP contribution is -2.58. The average molecular weight is 226 g/mol. The SMILES string of the molecule is CC1CN2CCCCC2CN1CCCCO. The van der Waals surface area contributed by atoms with E-state index < -0.39 is 0 Å². The zero-order valence-electron chi connectivity index (χ0n) is 10.6. The van der Waals surface area contributed by atoms with Crippen LogP contribution < -0.4 is 0 Å². The molecule has 3 nitrogen and oxygen atoms in total. The van der Waals surface area contributed by atoms with Gasteiger partial charge in [0.25, 0.3) is 0 Å². The molecule has 2 unspecified atom stereocenters. The highest BCUT2D eigenvalue weighted by atomic mass is 16.2. The largest absolute Gasteiger partial charge is 0.396 e. The molecular formula is C13H26N2O. The van der Waals surface area contributed by atoms with Crippen molar-refractivity contribution in [2.75, 3.05) is 32.8 Å². The summed E-state index contributed by atoms with van der Waals surface area (Å²) in [5.74, 6) is 0. The van der Waals surface area contributed by atoms with Gasteiger partial charge in [-0.15, -0.1) is 0 Å². The molecule has 2 aliphatic rings. The van der Waals surface area contributed by atoms with Gasteiger partial charge in [-0.2, -0.15) is 0 Å². The summed E-state index contributed by atoms with van der Waals surface area (Å²) in [6.45, 7) is 7.70.